The Morgan fingerprint density at radius 3 is 2.78 bits per heavy atom. The Balaban J connectivity index is 1.92. The molecule has 0 aliphatic rings. The van der Waals surface area contributed by atoms with Gasteiger partial charge in [-0.15, -0.1) is 0 Å². The zero-order valence-corrected chi connectivity index (χ0v) is 13.9. The van der Waals surface area contributed by atoms with E-state index in [1.807, 2.05) is 48.0 Å². The maximum Gasteiger partial charge on any atom is 0.244 e. The van der Waals surface area contributed by atoms with E-state index in [1.165, 1.54) is 6.08 Å². The normalized spacial score (nSPS) is 12.4. The molecule has 0 spiro atoms. The van der Waals surface area contributed by atoms with Crippen LogP contribution >= 0.6 is 11.3 Å². The molecule has 1 atom stereocenters. The fourth-order valence-corrected chi connectivity index (χ4v) is 2.67. The molecule has 1 heterocycles. The summed E-state index contributed by atoms with van der Waals surface area (Å²) >= 11 is 1.59. The molecule has 2 aromatic rings. The summed E-state index contributed by atoms with van der Waals surface area (Å²) in [5, 5.41) is 15.7. The van der Waals surface area contributed by atoms with Gasteiger partial charge in [-0.2, -0.15) is 11.3 Å². The molecule has 1 aromatic heterocycles. The molecule has 2 N–H and O–H groups in total. The number of ether oxygens (including phenoxy) is 1. The van der Waals surface area contributed by atoms with Crippen molar-refractivity contribution in [1.29, 1.82) is 0 Å². The van der Waals surface area contributed by atoms with E-state index in [2.05, 4.69) is 5.32 Å². The number of carbonyl (C=O) groups is 1. The Morgan fingerprint density at radius 2 is 2.13 bits per heavy atom. The minimum Gasteiger partial charge on any atom is -0.394 e. The van der Waals surface area contributed by atoms with Crippen molar-refractivity contribution in [3.05, 3.63) is 63.9 Å². The molecule has 1 unspecified atom stereocenters. The number of benzene rings is 1. The number of amides is 1. The lowest BCUT2D eigenvalue weighted by Gasteiger charge is -2.18. The quantitative estimate of drug-likeness (QED) is 0.731. The highest BCUT2D eigenvalue weighted by atomic mass is 32.1. The lowest BCUT2D eigenvalue weighted by molar-refractivity contribution is -0.117. The molecule has 5 heteroatoms. The standard InChI is InChI=1S/C18H21NO3S/c1-14-2-5-16(6-3-14)17(22-10-9-20)12-19-18(21)7-4-15-8-11-23-13-15/h2-8,11,13,17,20H,9-10,12H2,1H3,(H,19,21). The second-order valence-corrected chi connectivity index (χ2v) is 5.91. The minimum atomic E-state index is -0.277. The Hall–Kier alpha value is -1.95. The number of aliphatic hydroxyl groups excluding tert-OH is 1. The maximum absolute atomic E-state index is 11.9. The molecule has 0 bridgehead atoms. The van der Waals surface area contributed by atoms with E-state index in [-0.39, 0.29) is 25.2 Å². The first kappa shape index (κ1) is 17.4. The van der Waals surface area contributed by atoms with E-state index in [0.29, 0.717) is 6.54 Å². The predicted octanol–water partition coefficient (Wildman–Crippen LogP) is 2.94. The van der Waals surface area contributed by atoms with Gasteiger partial charge in [-0.05, 0) is 41.0 Å². The summed E-state index contributed by atoms with van der Waals surface area (Å²) in [7, 11) is 0. The van der Waals surface area contributed by atoms with Crippen LogP contribution in [0.2, 0.25) is 0 Å². The van der Waals surface area contributed by atoms with Crippen LogP contribution in [0, 0.1) is 6.92 Å². The van der Waals surface area contributed by atoms with Crippen LogP contribution < -0.4 is 5.32 Å². The molecule has 2 rings (SSSR count). The molecular weight excluding hydrogens is 310 g/mol. The van der Waals surface area contributed by atoms with E-state index in [0.717, 1.165) is 16.7 Å². The number of aryl methyl sites for hydroxylation is 1. The van der Waals surface area contributed by atoms with Crippen LogP contribution in [0.3, 0.4) is 0 Å². The average molecular weight is 331 g/mol. The summed E-state index contributed by atoms with van der Waals surface area (Å²) in [5.41, 5.74) is 3.15. The third-order valence-corrected chi connectivity index (χ3v) is 3.99. The zero-order valence-electron chi connectivity index (χ0n) is 13.1. The summed E-state index contributed by atoms with van der Waals surface area (Å²) in [6.45, 7) is 2.56. The van der Waals surface area contributed by atoms with Crippen LogP contribution in [0.1, 0.15) is 22.8 Å². The van der Waals surface area contributed by atoms with Gasteiger partial charge in [0.1, 0.15) is 0 Å². The largest absolute Gasteiger partial charge is 0.394 e. The zero-order chi connectivity index (χ0) is 16.5. The number of carbonyl (C=O) groups excluding carboxylic acids is 1. The van der Waals surface area contributed by atoms with Crippen LogP contribution in [-0.4, -0.2) is 30.8 Å². The summed E-state index contributed by atoms with van der Waals surface area (Å²) < 4.78 is 5.63. The number of rotatable bonds is 8. The Bertz CT molecular complexity index is 620. The molecule has 0 aliphatic carbocycles. The van der Waals surface area contributed by atoms with Gasteiger partial charge in [0.05, 0.1) is 19.3 Å². The topological polar surface area (TPSA) is 58.6 Å². The Morgan fingerprint density at radius 1 is 1.35 bits per heavy atom. The van der Waals surface area contributed by atoms with Gasteiger partial charge in [0.15, 0.2) is 0 Å². The van der Waals surface area contributed by atoms with Crippen LogP contribution in [-0.2, 0) is 9.53 Å². The monoisotopic (exact) mass is 331 g/mol. The highest BCUT2D eigenvalue weighted by molar-refractivity contribution is 7.08. The van der Waals surface area contributed by atoms with E-state index < -0.39 is 0 Å². The van der Waals surface area contributed by atoms with Crippen molar-refractivity contribution in [3.8, 4) is 0 Å². The molecule has 23 heavy (non-hydrogen) atoms. The van der Waals surface area contributed by atoms with Gasteiger partial charge in [-0.25, -0.2) is 0 Å². The van der Waals surface area contributed by atoms with Crippen LogP contribution in [0.25, 0.3) is 6.08 Å². The highest BCUT2D eigenvalue weighted by Gasteiger charge is 2.12. The number of aliphatic hydroxyl groups is 1. The van der Waals surface area contributed by atoms with Crippen molar-refractivity contribution in [2.45, 2.75) is 13.0 Å². The van der Waals surface area contributed by atoms with Crippen molar-refractivity contribution < 1.29 is 14.6 Å². The molecule has 1 aromatic carbocycles. The molecule has 0 saturated carbocycles. The summed E-state index contributed by atoms with van der Waals surface area (Å²) in [5.74, 6) is -0.166. The van der Waals surface area contributed by atoms with Crippen LogP contribution in [0.4, 0.5) is 0 Å². The van der Waals surface area contributed by atoms with E-state index in [9.17, 15) is 4.79 Å². The number of thiophene rings is 1. The first-order chi connectivity index (χ1) is 11.2. The summed E-state index contributed by atoms with van der Waals surface area (Å²) in [6, 6.07) is 9.91. The lowest BCUT2D eigenvalue weighted by atomic mass is 10.1. The molecular formula is C18H21NO3S. The van der Waals surface area contributed by atoms with Crippen molar-refractivity contribution in [2.24, 2.45) is 0 Å². The van der Waals surface area contributed by atoms with Crippen LogP contribution in [0.5, 0.6) is 0 Å². The van der Waals surface area contributed by atoms with E-state index in [4.69, 9.17) is 9.84 Å². The maximum atomic E-state index is 11.9. The van der Waals surface area contributed by atoms with Crippen molar-refractivity contribution >= 4 is 23.3 Å². The molecule has 1 amide bonds. The molecule has 0 radical (unpaired) electrons. The molecule has 0 fully saturated rings. The number of hydrogen-bond acceptors (Lipinski definition) is 4. The van der Waals surface area contributed by atoms with Gasteiger partial charge in [0.2, 0.25) is 5.91 Å². The van der Waals surface area contributed by atoms with E-state index in [1.54, 1.807) is 17.4 Å². The highest BCUT2D eigenvalue weighted by Crippen LogP contribution is 2.17. The fraction of sp³-hybridized carbons (Fsp3) is 0.278. The lowest BCUT2D eigenvalue weighted by Crippen LogP contribution is -2.28. The number of hydrogen-bond donors (Lipinski definition) is 2. The molecule has 0 aliphatic heterocycles. The molecule has 122 valence electrons. The van der Waals surface area contributed by atoms with Gasteiger partial charge in [0.25, 0.3) is 0 Å². The van der Waals surface area contributed by atoms with E-state index >= 15 is 0 Å². The van der Waals surface area contributed by atoms with Gasteiger partial charge < -0.3 is 15.2 Å². The number of nitrogens with one attached hydrogen (secondary N) is 1. The van der Waals surface area contributed by atoms with Gasteiger partial charge >= 0.3 is 0 Å². The fourth-order valence-electron chi connectivity index (χ4n) is 2.04. The summed E-state index contributed by atoms with van der Waals surface area (Å²) in [4.78, 5) is 11.9. The first-order valence-electron chi connectivity index (χ1n) is 7.46. The second kappa shape index (κ2) is 9.25. The summed E-state index contributed by atoms with van der Waals surface area (Å²) in [6.07, 6.45) is 3.02. The predicted molar refractivity (Wildman–Crippen MR) is 93.3 cm³/mol. The van der Waals surface area contributed by atoms with Crippen molar-refractivity contribution in [3.63, 3.8) is 0 Å². The van der Waals surface area contributed by atoms with Gasteiger partial charge in [-0.3, -0.25) is 4.79 Å². The Kier molecular flexibility index (Phi) is 7.00. The smallest absolute Gasteiger partial charge is 0.244 e. The minimum absolute atomic E-state index is 0.0473. The van der Waals surface area contributed by atoms with Crippen molar-refractivity contribution in [2.75, 3.05) is 19.8 Å². The second-order valence-electron chi connectivity index (χ2n) is 5.13. The SMILES string of the molecule is Cc1ccc(C(CNC(=O)C=Cc2ccsc2)OCCO)cc1. The van der Waals surface area contributed by atoms with Gasteiger partial charge in [0, 0.05) is 12.6 Å². The molecule has 0 saturated heterocycles. The molecule has 4 nitrogen and oxygen atoms in total. The first-order valence-corrected chi connectivity index (χ1v) is 8.40. The third-order valence-electron chi connectivity index (χ3n) is 3.29. The average Bonchev–Trinajstić information content (AvgIpc) is 3.07. The van der Waals surface area contributed by atoms with Crippen molar-refractivity contribution in [1.82, 2.24) is 5.32 Å². The van der Waals surface area contributed by atoms with Crippen LogP contribution in [0.15, 0.2) is 47.2 Å². The van der Waals surface area contributed by atoms with Gasteiger partial charge in [-0.1, -0.05) is 29.8 Å². The Labute approximate surface area is 140 Å². The third kappa shape index (κ3) is 5.98.